The monoisotopic (exact) mass is 215 g/mol. The number of rotatable bonds is 4. The summed E-state index contributed by atoms with van der Waals surface area (Å²) in [5.74, 6) is -0.904. The van der Waals surface area contributed by atoms with Crippen molar-refractivity contribution < 1.29 is 13.9 Å². The Hall–Kier alpha value is -1.00. The SMILES string of the molecule is C[C@@H](O)CN[C@H](C)c1cc(F)ccc1F. The standard InChI is InChI=1S/C11H15F2NO/c1-7(15)6-14-8(2)10-5-9(12)3-4-11(10)13/h3-5,7-8,14-15H,6H2,1-2H3/t7-,8-/m1/s1. The van der Waals surface area contributed by atoms with E-state index in [4.69, 9.17) is 5.11 Å². The molecule has 0 aliphatic rings. The Labute approximate surface area is 87.9 Å². The second kappa shape index (κ2) is 5.19. The first-order valence-corrected chi connectivity index (χ1v) is 4.87. The largest absolute Gasteiger partial charge is 0.392 e. The van der Waals surface area contributed by atoms with E-state index in [2.05, 4.69) is 5.32 Å². The molecule has 2 N–H and O–H groups in total. The zero-order chi connectivity index (χ0) is 11.4. The number of hydrogen-bond acceptors (Lipinski definition) is 2. The smallest absolute Gasteiger partial charge is 0.128 e. The lowest BCUT2D eigenvalue weighted by Gasteiger charge is -2.16. The molecular weight excluding hydrogens is 200 g/mol. The van der Waals surface area contributed by atoms with Gasteiger partial charge in [-0.05, 0) is 32.0 Å². The van der Waals surface area contributed by atoms with Gasteiger partial charge in [-0.25, -0.2) is 8.78 Å². The molecule has 0 aliphatic carbocycles. The third kappa shape index (κ3) is 3.57. The Balaban J connectivity index is 2.72. The summed E-state index contributed by atoms with van der Waals surface area (Å²) in [7, 11) is 0. The van der Waals surface area contributed by atoms with Crippen LogP contribution in [0.25, 0.3) is 0 Å². The van der Waals surface area contributed by atoms with E-state index in [1.807, 2.05) is 0 Å². The average molecular weight is 215 g/mol. The molecule has 0 saturated heterocycles. The summed E-state index contributed by atoms with van der Waals surface area (Å²) < 4.78 is 26.1. The third-order valence-electron chi connectivity index (χ3n) is 2.14. The quantitative estimate of drug-likeness (QED) is 0.805. The molecule has 4 heteroatoms. The molecule has 84 valence electrons. The molecule has 15 heavy (non-hydrogen) atoms. The maximum atomic E-state index is 13.3. The van der Waals surface area contributed by atoms with Gasteiger partial charge in [0.25, 0.3) is 0 Å². The Morgan fingerprint density at radius 2 is 2.00 bits per heavy atom. The van der Waals surface area contributed by atoms with E-state index in [0.29, 0.717) is 6.54 Å². The molecule has 0 aromatic heterocycles. The normalized spacial score (nSPS) is 15.0. The van der Waals surface area contributed by atoms with Crippen LogP contribution in [-0.4, -0.2) is 17.8 Å². The Kier molecular flexibility index (Phi) is 4.17. The minimum atomic E-state index is -0.510. The number of benzene rings is 1. The van der Waals surface area contributed by atoms with E-state index in [-0.39, 0.29) is 11.6 Å². The molecule has 0 amide bonds. The van der Waals surface area contributed by atoms with E-state index < -0.39 is 17.7 Å². The molecule has 0 heterocycles. The summed E-state index contributed by atoms with van der Waals surface area (Å²) >= 11 is 0. The highest BCUT2D eigenvalue weighted by Crippen LogP contribution is 2.17. The lowest BCUT2D eigenvalue weighted by molar-refractivity contribution is 0.187. The van der Waals surface area contributed by atoms with Gasteiger partial charge < -0.3 is 10.4 Å². The molecule has 2 atom stereocenters. The number of aliphatic hydroxyl groups is 1. The van der Waals surface area contributed by atoms with Crippen LogP contribution in [0.4, 0.5) is 8.78 Å². The van der Waals surface area contributed by atoms with Gasteiger partial charge in [0.2, 0.25) is 0 Å². The van der Waals surface area contributed by atoms with Crippen LogP contribution in [0.3, 0.4) is 0 Å². The Bertz CT molecular complexity index is 328. The molecule has 0 saturated carbocycles. The molecule has 1 aromatic carbocycles. The van der Waals surface area contributed by atoms with Crippen LogP contribution in [0.2, 0.25) is 0 Å². The molecule has 0 unspecified atom stereocenters. The molecule has 2 nitrogen and oxygen atoms in total. The lowest BCUT2D eigenvalue weighted by atomic mass is 10.1. The second-order valence-corrected chi connectivity index (χ2v) is 3.64. The summed E-state index contributed by atoms with van der Waals surface area (Å²) in [6.45, 7) is 3.69. The van der Waals surface area contributed by atoms with Gasteiger partial charge in [-0.15, -0.1) is 0 Å². The van der Waals surface area contributed by atoms with Gasteiger partial charge in [-0.1, -0.05) is 0 Å². The molecule has 0 spiro atoms. The van der Waals surface area contributed by atoms with E-state index in [0.717, 1.165) is 18.2 Å². The average Bonchev–Trinajstić information content (AvgIpc) is 2.18. The fraction of sp³-hybridized carbons (Fsp3) is 0.455. The minimum absolute atomic E-state index is 0.274. The fourth-order valence-electron chi connectivity index (χ4n) is 1.30. The summed E-state index contributed by atoms with van der Waals surface area (Å²) in [5, 5.41) is 12.0. The van der Waals surface area contributed by atoms with E-state index in [9.17, 15) is 8.78 Å². The molecule has 0 fully saturated rings. The first kappa shape index (κ1) is 12.1. The lowest BCUT2D eigenvalue weighted by Crippen LogP contribution is -2.27. The van der Waals surface area contributed by atoms with Gasteiger partial charge in [0.1, 0.15) is 11.6 Å². The van der Waals surface area contributed by atoms with E-state index in [1.54, 1.807) is 13.8 Å². The highest BCUT2D eigenvalue weighted by Gasteiger charge is 2.11. The van der Waals surface area contributed by atoms with Crippen LogP contribution in [0.15, 0.2) is 18.2 Å². The first-order chi connectivity index (χ1) is 7.00. The van der Waals surface area contributed by atoms with Crippen molar-refractivity contribution in [2.75, 3.05) is 6.54 Å². The van der Waals surface area contributed by atoms with Crippen LogP contribution >= 0.6 is 0 Å². The maximum absolute atomic E-state index is 13.3. The summed E-state index contributed by atoms with van der Waals surface area (Å²) in [6, 6.07) is 3.02. The number of nitrogens with one attached hydrogen (secondary N) is 1. The van der Waals surface area contributed by atoms with E-state index >= 15 is 0 Å². The summed E-state index contributed by atoms with van der Waals surface area (Å²) in [5.41, 5.74) is 0.274. The van der Waals surface area contributed by atoms with Crippen LogP contribution in [0, 0.1) is 11.6 Å². The van der Waals surface area contributed by atoms with Crippen molar-refractivity contribution in [3.63, 3.8) is 0 Å². The van der Waals surface area contributed by atoms with Crippen LogP contribution in [0.5, 0.6) is 0 Å². The van der Waals surface area contributed by atoms with Crippen molar-refractivity contribution in [1.82, 2.24) is 5.32 Å². The van der Waals surface area contributed by atoms with Crippen molar-refractivity contribution in [1.29, 1.82) is 0 Å². The molecule has 1 rings (SSSR count). The topological polar surface area (TPSA) is 32.3 Å². The van der Waals surface area contributed by atoms with Gasteiger partial charge in [0, 0.05) is 18.2 Å². The number of halogens is 2. The zero-order valence-corrected chi connectivity index (χ0v) is 8.80. The third-order valence-corrected chi connectivity index (χ3v) is 2.14. The summed E-state index contributed by atoms with van der Waals surface area (Å²) in [4.78, 5) is 0. The predicted molar refractivity (Wildman–Crippen MR) is 54.5 cm³/mol. The van der Waals surface area contributed by atoms with Crippen molar-refractivity contribution in [3.05, 3.63) is 35.4 Å². The van der Waals surface area contributed by atoms with Gasteiger partial charge >= 0.3 is 0 Å². The minimum Gasteiger partial charge on any atom is -0.392 e. The molecule has 0 aliphatic heterocycles. The number of hydrogen-bond donors (Lipinski definition) is 2. The molecule has 0 bridgehead atoms. The van der Waals surface area contributed by atoms with Gasteiger partial charge in [0.05, 0.1) is 6.10 Å². The van der Waals surface area contributed by atoms with E-state index in [1.165, 1.54) is 0 Å². The van der Waals surface area contributed by atoms with Gasteiger partial charge in [0.15, 0.2) is 0 Å². The van der Waals surface area contributed by atoms with Crippen LogP contribution < -0.4 is 5.32 Å². The highest BCUT2D eigenvalue weighted by molar-refractivity contribution is 5.21. The Morgan fingerprint density at radius 1 is 1.33 bits per heavy atom. The van der Waals surface area contributed by atoms with Crippen LogP contribution in [-0.2, 0) is 0 Å². The molecule has 1 aromatic rings. The first-order valence-electron chi connectivity index (χ1n) is 4.87. The predicted octanol–water partition coefficient (Wildman–Crippen LogP) is 2.00. The van der Waals surface area contributed by atoms with Crippen molar-refractivity contribution in [2.45, 2.75) is 26.0 Å². The van der Waals surface area contributed by atoms with Gasteiger partial charge in [-0.3, -0.25) is 0 Å². The van der Waals surface area contributed by atoms with Crippen molar-refractivity contribution >= 4 is 0 Å². The highest BCUT2D eigenvalue weighted by atomic mass is 19.1. The maximum Gasteiger partial charge on any atom is 0.128 e. The van der Waals surface area contributed by atoms with Gasteiger partial charge in [-0.2, -0.15) is 0 Å². The second-order valence-electron chi connectivity index (χ2n) is 3.64. The van der Waals surface area contributed by atoms with Crippen LogP contribution in [0.1, 0.15) is 25.5 Å². The molecule has 0 radical (unpaired) electrons. The number of aliphatic hydroxyl groups excluding tert-OH is 1. The van der Waals surface area contributed by atoms with Crippen molar-refractivity contribution in [3.8, 4) is 0 Å². The Morgan fingerprint density at radius 3 is 2.60 bits per heavy atom. The zero-order valence-electron chi connectivity index (χ0n) is 8.80. The van der Waals surface area contributed by atoms with Crippen molar-refractivity contribution in [2.24, 2.45) is 0 Å². The fourth-order valence-corrected chi connectivity index (χ4v) is 1.30. The summed E-state index contributed by atoms with van der Waals surface area (Å²) in [6.07, 6.45) is -0.510. The molecular formula is C11H15F2NO.